The van der Waals surface area contributed by atoms with E-state index in [2.05, 4.69) is 42.3 Å². The molecule has 0 saturated heterocycles. The van der Waals surface area contributed by atoms with E-state index in [0.717, 1.165) is 24.3 Å². The second-order valence-corrected chi connectivity index (χ2v) is 4.84. The lowest BCUT2D eigenvalue weighted by Gasteiger charge is -2.13. The second-order valence-electron chi connectivity index (χ2n) is 4.84. The third-order valence-corrected chi connectivity index (χ3v) is 3.15. The van der Waals surface area contributed by atoms with Gasteiger partial charge in [-0.1, -0.05) is 43.3 Å². The van der Waals surface area contributed by atoms with Crippen molar-refractivity contribution >= 4 is 5.82 Å². The highest BCUT2D eigenvalue weighted by molar-refractivity contribution is 5.35. The number of hydrogen-bond donors (Lipinski definition) is 1. The highest BCUT2D eigenvalue weighted by Gasteiger charge is 2.05. The topological polar surface area (TPSA) is 34.1 Å². The Morgan fingerprint density at radius 3 is 2.60 bits per heavy atom. The zero-order chi connectivity index (χ0) is 14.2. The van der Waals surface area contributed by atoms with Gasteiger partial charge in [0.05, 0.1) is 12.7 Å². The Balaban J connectivity index is 1.84. The van der Waals surface area contributed by atoms with Gasteiger partial charge in [0.2, 0.25) is 0 Å². The minimum absolute atomic E-state index is 0.0918. The van der Waals surface area contributed by atoms with Gasteiger partial charge in [0.1, 0.15) is 5.82 Å². The Labute approximate surface area is 121 Å². The quantitative estimate of drug-likeness (QED) is 0.819. The van der Waals surface area contributed by atoms with Crippen molar-refractivity contribution in [3.63, 3.8) is 0 Å². The van der Waals surface area contributed by atoms with E-state index < -0.39 is 0 Å². The zero-order valence-electron chi connectivity index (χ0n) is 12.2. The normalized spacial score (nSPS) is 12.1. The van der Waals surface area contributed by atoms with E-state index >= 15 is 0 Å². The maximum atomic E-state index is 5.87. The predicted octanol–water partition coefficient (Wildman–Crippen LogP) is 4.18. The van der Waals surface area contributed by atoms with Crippen molar-refractivity contribution in [3.8, 4) is 0 Å². The summed E-state index contributed by atoms with van der Waals surface area (Å²) >= 11 is 0. The van der Waals surface area contributed by atoms with Gasteiger partial charge >= 0.3 is 0 Å². The molecule has 1 aromatic carbocycles. The van der Waals surface area contributed by atoms with E-state index in [0.29, 0.717) is 6.61 Å². The smallest absolute Gasteiger partial charge is 0.125 e. The molecule has 0 amide bonds. The molecule has 1 unspecified atom stereocenters. The summed E-state index contributed by atoms with van der Waals surface area (Å²) in [5, 5.41) is 3.26. The molecule has 0 fully saturated rings. The van der Waals surface area contributed by atoms with E-state index in [1.165, 1.54) is 5.56 Å². The minimum Gasteiger partial charge on any atom is -0.370 e. The Morgan fingerprint density at radius 2 is 1.95 bits per heavy atom. The van der Waals surface area contributed by atoms with Crippen molar-refractivity contribution in [1.82, 2.24) is 4.98 Å². The standard InChI is InChI=1S/C17H22N2O/c1-3-11-18-17-10-9-15(12-19-17)13-20-14(2)16-7-5-4-6-8-16/h4-10,12,14H,3,11,13H2,1-2H3,(H,18,19). The fourth-order valence-electron chi connectivity index (χ4n) is 1.91. The lowest BCUT2D eigenvalue weighted by Crippen LogP contribution is -2.03. The summed E-state index contributed by atoms with van der Waals surface area (Å²) in [6.45, 7) is 5.74. The molecule has 1 N–H and O–H groups in total. The van der Waals surface area contributed by atoms with Crippen LogP contribution in [0.1, 0.15) is 37.5 Å². The molecule has 0 saturated carbocycles. The number of hydrogen-bond acceptors (Lipinski definition) is 3. The minimum atomic E-state index is 0.0918. The number of nitrogens with zero attached hydrogens (tertiary/aromatic N) is 1. The van der Waals surface area contributed by atoms with Gasteiger partial charge in [0, 0.05) is 12.7 Å². The Bertz CT molecular complexity index is 496. The first-order valence-corrected chi connectivity index (χ1v) is 7.15. The van der Waals surface area contributed by atoms with Crippen molar-refractivity contribution in [2.24, 2.45) is 0 Å². The lowest BCUT2D eigenvalue weighted by molar-refractivity contribution is 0.0524. The molecule has 3 heteroatoms. The average Bonchev–Trinajstić information content (AvgIpc) is 2.52. The monoisotopic (exact) mass is 270 g/mol. The summed E-state index contributed by atoms with van der Waals surface area (Å²) in [4.78, 5) is 4.38. The van der Waals surface area contributed by atoms with Crippen molar-refractivity contribution in [2.45, 2.75) is 33.0 Å². The number of nitrogens with one attached hydrogen (secondary N) is 1. The van der Waals surface area contributed by atoms with E-state index in [4.69, 9.17) is 4.74 Å². The first-order valence-electron chi connectivity index (χ1n) is 7.15. The maximum Gasteiger partial charge on any atom is 0.125 e. The van der Waals surface area contributed by atoms with Crippen LogP contribution >= 0.6 is 0 Å². The molecule has 1 heterocycles. The van der Waals surface area contributed by atoms with Crippen molar-refractivity contribution in [3.05, 3.63) is 59.8 Å². The molecule has 2 aromatic rings. The predicted molar refractivity (Wildman–Crippen MR) is 82.7 cm³/mol. The fraction of sp³-hybridized carbons (Fsp3) is 0.353. The third-order valence-electron chi connectivity index (χ3n) is 3.15. The van der Waals surface area contributed by atoms with Crippen LogP contribution in [0.2, 0.25) is 0 Å². The van der Waals surface area contributed by atoms with Crippen LogP contribution in [0.5, 0.6) is 0 Å². The molecule has 3 nitrogen and oxygen atoms in total. The summed E-state index contributed by atoms with van der Waals surface area (Å²) in [6.07, 6.45) is 3.06. The molecule has 1 aromatic heterocycles. The number of ether oxygens (including phenoxy) is 1. The van der Waals surface area contributed by atoms with Crippen molar-refractivity contribution in [2.75, 3.05) is 11.9 Å². The van der Waals surface area contributed by atoms with E-state index in [9.17, 15) is 0 Å². The maximum absolute atomic E-state index is 5.87. The molecule has 0 aliphatic carbocycles. The Morgan fingerprint density at radius 1 is 1.15 bits per heavy atom. The molecular formula is C17H22N2O. The summed E-state index contributed by atoms with van der Waals surface area (Å²) in [7, 11) is 0. The van der Waals surface area contributed by atoms with Crippen LogP contribution in [0.15, 0.2) is 48.7 Å². The van der Waals surface area contributed by atoms with Crippen LogP contribution in [-0.4, -0.2) is 11.5 Å². The first kappa shape index (κ1) is 14.5. The van der Waals surface area contributed by atoms with Crippen LogP contribution in [-0.2, 0) is 11.3 Å². The Hall–Kier alpha value is -1.87. The average molecular weight is 270 g/mol. The molecule has 0 radical (unpaired) electrons. The lowest BCUT2D eigenvalue weighted by atomic mass is 10.1. The van der Waals surface area contributed by atoms with Gasteiger partial charge in [-0.15, -0.1) is 0 Å². The van der Waals surface area contributed by atoms with Crippen molar-refractivity contribution < 1.29 is 4.74 Å². The second kappa shape index (κ2) is 7.65. The summed E-state index contributed by atoms with van der Waals surface area (Å²) in [6, 6.07) is 14.3. The molecule has 0 aliphatic rings. The van der Waals surface area contributed by atoms with Gasteiger partial charge in [-0.2, -0.15) is 0 Å². The summed E-state index contributed by atoms with van der Waals surface area (Å²) < 4.78 is 5.87. The van der Waals surface area contributed by atoms with Gasteiger partial charge in [-0.3, -0.25) is 0 Å². The number of aromatic nitrogens is 1. The van der Waals surface area contributed by atoms with E-state index in [1.54, 1.807) is 0 Å². The molecule has 0 bridgehead atoms. The van der Waals surface area contributed by atoms with E-state index in [-0.39, 0.29) is 6.10 Å². The van der Waals surface area contributed by atoms with Crippen LogP contribution in [0.4, 0.5) is 5.82 Å². The zero-order valence-corrected chi connectivity index (χ0v) is 12.2. The Kier molecular flexibility index (Phi) is 5.56. The number of pyridine rings is 1. The highest BCUT2D eigenvalue weighted by Crippen LogP contribution is 2.18. The van der Waals surface area contributed by atoms with Gasteiger partial charge < -0.3 is 10.1 Å². The molecule has 1 atom stereocenters. The molecule has 20 heavy (non-hydrogen) atoms. The number of rotatable bonds is 7. The van der Waals surface area contributed by atoms with Crippen LogP contribution in [0, 0.1) is 0 Å². The highest BCUT2D eigenvalue weighted by atomic mass is 16.5. The first-order chi connectivity index (χ1) is 9.79. The number of anilines is 1. The SMILES string of the molecule is CCCNc1ccc(COC(C)c2ccccc2)cn1. The number of benzene rings is 1. The van der Waals surface area contributed by atoms with Crippen molar-refractivity contribution in [1.29, 1.82) is 0 Å². The fourth-order valence-corrected chi connectivity index (χ4v) is 1.91. The van der Waals surface area contributed by atoms with Crippen LogP contribution < -0.4 is 5.32 Å². The third kappa shape index (κ3) is 4.35. The summed E-state index contributed by atoms with van der Waals surface area (Å²) in [5.41, 5.74) is 2.29. The molecular weight excluding hydrogens is 248 g/mol. The van der Waals surface area contributed by atoms with Gasteiger partial charge in [-0.25, -0.2) is 4.98 Å². The van der Waals surface area contributed by atoms with Crippen LogP contribution in [0.3, 0.4) is 0 Å². The van der Waals surface area contributed by atoms with Gasteiger partial charge in [-0.05, 0) is 30.5 Å². The van der Waals surface area contributed by atoms with E-state index in [1.807, 2.05) is 30.5 Å². The molecule has 0 aliphatic heterocycles. The molecule has 0 spiro atoms. The summed E-state index contributed by atoms with van der Waals surface area (Å²) in [5.74, 6) is 0.923. The molecule has 2 rings (SSSR count). The largest absolute Gasteiger partial charge is 0.370 e. The van der Waals surface area contributed by atoms with Crippen LogP contribution in [0.25, 0.3) is 0 Å². The molecule has 106 valence electrons. The van der Waals surface area contributed by atoms with Gasteiger partial charge in [0.15, 0.2) is 0 Å². The van der Waals surface area contributed by atoms with Gasteiger partial charge in [0.25, 0.3) is 0 Å².